The van der Waals surface area contributed by atoms with E-state index in [1.54, 1.807) is 42.8 Å². The van der Waals surface area contributed by atoms with Gasteiger partial charge in [0.25, 0.3) is 11.8 Å². The van der Waals surface area contributed by atoms with E-state index in [1.165, 1.54) is 41.2 Å². The summed E-state index contributed by atoms with van der Waals surface area (Å²) in [4.78, 5) is 63.9. The average Bonchev–Trinajstić information content (AvgIpc) is 3.75. The molecule has 1 saturated heterocycles. The average molecular weight is 845 g/mol. The summed E-state index contributed by atoms with van der Waals surface area (Å²) in [6.07, 6.45) is 2.13. The molecule has 1 aromatic heterocycles. The molecular formula is C44H40N6O8S2. The molecule has 0 bridgehead atoms. The number of aromatic nitrogens is 1. The summed E-state index contributed by atoms with van der Waals surface area (Å²) in [5.41, 5.74) is 8.37. The van der Waals surface area contributed by atoms with Crippen LogP contribution in [0.4, 0.5) is 9.93 Å². The van der Waals surface area contributed by atoms with Crippen LogP contribution in [0.3, 0.4) is 0 Å². The number of thioether (sulfide) groups is 1. The summed E-state index contributed by atoms with van der Waals surface area (Å²) in [5.74, 6) is -1.06. The van der Waals surface area contributed by atoms with Gasteiger partial charge in [0.15, 0.2) is 10.8 Å². The maximum absolute atomic E-state index is 14.0. The predicted molar refractivity (Wildman–Crippen MR) is 228 cm³/mol. The molecule has 5 aromatic rings. The lowest BCUT2D eigenvalue weighted by atomic mass is 9.77. The van der Waals surface area contributed by atoms with Gasteiger partial charge in [0.1, 0.15) is 54.4 Å². The fraction of sp³-hybridized carbons (Fsp3) is 0.182. The van der Waals surface area contributed by atoms with Crippen LogP contribution in [0, 0.1) is 0 Å². The van der Waals surface area contributed by atoms with Gasteiger partial charge in [0.05, 0.1) is 7.11 Å². The molecule has 2 aliphatic rings. The number of oxime groups is 1. The van der Waals surface area contributed by atoms with Crippen molar-refractivity contribution in [2.45, 2.75) is 23.6 Å². The monoisotopic (exact) mass is 844 g/mol. The van der Waals surface area contributed by atoms with E-state index < -0.39 is 40.8 Å². The van der Waals surface area contributed by atoms with E-state index >= 15 is 0 Å². The number of methoxy groups -OCH3 is 1. The molecule has 1 unspecified atom stereocenters. The number of ether oxygens (including phenoxy) is 3. The number of nitrogens with zero attached hydrogens (tertiary/aromatic N) is 3. The number of hydrogen-bond donors (Lipinski definition) is 3. The fourth-order valence-electron chi connectivity index (χ4n) is 6.91. The quantitative estimate of drug-likeness (QED) is 0.0351. The minimum Gasteiger partial charge on any atom is -0.497 e. The highest BCUT2D eigenvalue weighted by atomic mass is 32.2. The Labute approximate surface area is 354 Å². The first-order valence-electron chi connectivity index (χ1n) is 18.6. The van der Waals surface area contributed by atoms with Gasteiger partial charge < -0.3 is 35.4 Å². The molecule has 0 radical (unpaired) electrons. The number of thiazole rings is 1. The van der Waals surface area contributed by atoms with Gasteiger partial charge in [0, 0.05) is 11.1 Å². The molecule has 3 heterocycles. The fourth-order valence-corrected chi connectivity index (χ4v) is 8.98. The van der Waals surface area contributed by atoms with Crippen LogP contribution < -0.4 is 21.1 Å². The van der Waals surface area contributed by atoms with Crippen molar-refractivity contribution in [3.8, 4) is 5.75 Å². The Bertz CT molecular complexity index is 2330. The molecule has 306 valence electrons. The highest BCUT2D eigenvalue weighted by Gasteiger charge is 2.54. The van der Waals surface area contributed by atoms with Crippen LogP contribution in [-0.4, -0.2) is 77.5 Å². The van der Waals surface area contributed by atoms with Crippen LogP contribution in [0.15, 0.2) is 149 Å². The lowest BCUT2D eigenvalue weighted by Crippen LogP contribution is -2.71. The second kappa shape index (κ2) is 18.8. The summed E-state index contributed by atoms with van der Waals surface area (Å²) < 4.78 is 15.7. The summed E-state index contributed by atoms with van der Waals surface area (Å²) in [6.45, 7) is -0.215. The van der Waals surface area contributed by atoms with E-state index in [9.17, 15) is 19.2 Å². The van der Waals surface area contributed by atoms with Gasteiger partial charge >= 0.3 is 12.1 Å². The third kappa shape index (κ3) is 8.74. The van der Waals surface area contributed by atoms with Crippen molar-refractivity contribution >= 4 is 57.8 Å². The van der Waals surface area contributed by atoms with Gasteiger partial charge in [-0.15, -0.1) is 23.1 Å². The van der Waals surface area contributed by atoms with E-state index in [4.69, 9.17) is 29.8 Å². The number of carbonyl (C=O) groups excluding carboxylic acids is 4. The Morgan fingerprint density at radius 3 is 2.08 bits per heavy atom. The van der Waals surface area contributed by atoms with Crippen molar-refractivity contribution < 1.29 is 38.2 Å². The molecule has 60 heavy (non-hydrogen) atoms. The number of anilines is 1. The van der Waals surface area contributed by atoms with Crippen molar-refractivity contribution in [3.05, 3.63) is 172 Å². The number of nitrogens with one attached hydrogen (secondary N) is 2. The van der Waals surface area contributed by atoms with Crippen molar-refractivity contribution in [3.63, 3.8) is 0 Å². The molecule has 16 heteroatoms. The minimum absolute atomic E-state index is 0.0119. The second-order valence-corrected chi connectivity index (χ2v) is 15.3. The van der Waals surface area contributed by atoms with Gasteiger partial charge in [-0.25, -0.2) is 14.6 Å². The number of β-lactam (4-membered cyclic amide) rings is 1. The van der Waals surface area contributed by atoms with Crippen LogP contribution in [0.25, 0.3) is 0 Å². The van der Waals surface area contributed by atoms with E-state index in [2.05, 4.69) is 15.8 Å². The van der Waals surface area contributed by atoms with Gasteiger partial charge in [-0.2, -0.15) is 0 Å². The number of benzene rings is 4. The molecule has 0 spiro atoms. The first-order chi connectivity index (χ1) is 29.2. The summed E-state index contributed by atoms with van der Waals surface area (Å²) in [7, 11) is 2.87. The van der Waals surface area contributed by atoms with Crippen LogP contribution in [0.2, 0.25) is 0 Å². The zero-order valence-electron chi connectivity index (χ0n) is 32.5. The Balaban J connectivity index is 1.12. The van der Waals surface area contributed by atoms with Crippen LogP contribution >= 0.6 is 23.1 Å². The molecule has 4 aromatic carbocycles. The molecule has 1 fully saturated rings. The lowest BCUT2D eigenvalue weighted by Gasteiger charge is -2.49. The molecule has 2 atom stereocenters. The van der Waals surface area contributed by atoms with Crippen molar-refractivity contribution in [2.75, 3.05) is 31.9 Å². The molecule has 0 saturated carbocycles. The summed E-state index contributed by atoms with van der Waals surface area (Å²) in [5, 5.41) is 12.1. The first kappa shape index (κ1) is 41.3. The predicted octanol–water partition coefficient (Wildman–Crippen LogP) is 5.96. The third-order valence-electron chi connectivity index (χ3n) is 9.71. The first-order valence-corrected chi connectivity index (χ1v) is 20.6. The number of amides is 3. The zero-order valence-corrected chi connectivity index (χ0v) is 34.1. The van der Waals surface area contributed by atoms with E-state index in [1.807, 2.05) is 91.0 Å². The molecule has 4 N–H and O–H groups in total. The molecule has 7 rings (SSSR count). The van der Waals surface area contributed by atoms with Crippen LogP contribution in [0.5, 0.6) is 5.75 Å². The number of primary amides is 1. The number of rotatable bonds is 16. The third-order valence-corrected chi connectivity index (χ3v) is 11.8. The highest BCUT2D eigenvalue weighted by Crippen LogP contribution is 2.42. The highest BCUT2D eigenvalue weighted by molar-refractivity contribution is 8.00. The normalized spacial score (nSPS) is 16.4. The van der Waals surface area contributed by atoms with E-state index in [0.29, 0.717) is 22.0 Å². The van der Waals surface area contributed by atoms with Crippen molar-refractivity contribution in [2.24, 2.45) is 10.9 Å². The molecule has 2 aliphatic heterocycles. The number of allylic oxidation sites excluding steroid dienone is 1. The Morgan fingerprint density at radius 1 is 0.900 bits per heavy atom. The van der Waals surface area contributed by atoms with Gasteiger partial charge in [0.2, 0.25) is 0 Å². The topological polar surface area (TPSA) is 184 Å². The van der Waals surface area contributed by atoms with E-state index in [-0.39, 0.29) is 36.1 Å². The van der Waals surface area contributed by atoms with Crippen molar-refractivity contribution in [1.82, 2.24) is 15.2 Å². The molecule has 0 aliphatic carbocycles. The second-order valence-electron chi connectivity index (χ2n) is 13.3. The number of nitrogens with two attached hydrogens (primary N) is 1. The Hall–Kier alpha value is -6.91. The number of esters is 1. The smallest absolute Gasteiger partial charge is 0.404 e. The summed E-state index contributed by atoms with van der Waals surface area (Å²) >= 11 is 2.62. The maximum Gasteiger partial charge on any atom is 0.404 e. The van der Waals surface area contributed by atoms with Gasteiger partial charge in [-0.1, -0.05) is 114 Å². The van der Waals surface area contributed by atoms with Gasteiger partial charge in [-0.3, -0.25) is 14.5 Å². The summed E-state index contributed by atoms with van der Waals surface area (Å²) in [6, 6.07) is 36.1. The minimum atomic E-state index is -1.02. The van der Waals surface area contributed by atoms with Crippen LogP contribution in [0.1, 0.15) is 27.9 Å². The maximum atomic E-state index is 14.0. The number of carbonyl (C=O) groups is 4. The molecular weight excluding hydrogens is 805 g/mol. The zero-order chi connectivity index (χ0) is 42.1. The van der Waals surface area contributed by atoms with Gasteiger partial charge in [-0.05, 0) is 46.0 Å². The molecule has 14 nitrogen and oxygen atoms in total. The standard InChI is InChI=1S/C44H40N6O8S2/c1-55-33-22-20-28(21-23-33)25-58-41(53)37-29(13-12-24-57-42(45)54)26-59-40-36(39(52)50(37)40)47-38(51)35(49-56-2)34-27-60-43(46-34)48-44(30-14-6-3-7-15-30,31-16-8-4-9-17-31)32-18-10-5-11-19-32/h3-23,27,36,40H,24-26H2,1-2H3,(H2,45,54)(H,46,48)(H,47,51)/b13-12-,49-35-/t36?,40-/m0/s1. The largest absolute Gasteiger partial charge is 0.497 e. The SMILES string of the molecule is CO/N=C(\C(=O)NC1C(=O)N2C(C(=O)OCc3ccc(OC)cc3)=C(/C=C\COC(N)=O)CS[C@@H]12)c1csc(NC(c2ccccc2)(c2ccccc2)c2ccccc2)n1. The van der Waals surface area contributed by atoms with Crippen LogP contribution in [-0.2, 0) is 40.8 Å². The lowest BCUT2D eigenvalue weighted by molar-refractivity contribution is -0.153. The molecule has 3 amide bonds. The Morgan fingerprint density at radius 2 is 1.52 bits per heavy atom. The van der Waals surface area contributed by atoms with E-state index in [0.717, 1.165) is 16.7 Å². The van der Waals surface area contributed by atoms with Crippen molar-refractivity contribution in [1.29, 1.82) is 0 Å². The number of fused-ring (bicyclic) bond motifs is 1. The Kier molecular flexibility index (Phi) is 12.9. The number of hydrogen-bond acceptors (Lipinski definition) is 13.